The highest BCUT2D eigenvalue weighted by Gasteiger charge is 1.95. The summed E-state index contributed by atoms with van der Waals surface area (Å²) in [6.45, 7) is 0. The molecule has 3 nitrogen and oxygen atoms in total. The van der Waals surface area contributed by atoms with Crippen molar-refractivity contribution < 1.29 is 4.74 Å². The zero-order valence-corrected chi connectivity index (χ0v) is 10.6. The summed E-state index contributed by atoms with van der Waals surface area (Å²) < 4.78 is 5.10. The second kappa shape index (κ2) is 5.87. The number of ether oxygens (including phenoxy) is 1. The first-order valence-electron chi connectivity index (χ1n) is 5.76. The van der Waals surface area contributed by atoms with Crippen molar-refractivity contribution in [2.24, 2.45) is 4.99 Å². The van der Waals surface area contributed by atoms with Crippen LogP contribution in [0.1, 0.15) is 0 Å². The third-order valence-electron chi connectivity index (χ3n) is 2.62. The van der Waals surface area contributed by atoms with Crippen molar-refractivity contribution in [1.29, 1.82) is 0 Å². The first kappa shape index (κ1) is 12.2. The Hall–Kier alpha value is -2.29. The van der Waals surface area contributed by atoms with Gasteiger partial charge in [0.15, 0.2) is 0 Å². The van der Waals surface area contributed by atoms with E-state index in [0.717, 1.165) is 17.1 Å². The maximum atomic E-state index is 5.10. The average molecular weight is 240 g/mol. The van der Waals surface area contributed by atoms with Crippen LogP contribution in [0.2, 0.25) is 0 Å². The molecule has 0 unspecified atom stereocenters. The third-order valence-corrected chi connectivity index (χ3v) is 2.62. The number of aliphatic imine (C=N–C) groups is 1. The molecule has 0 aliphatic heterocycles. The lowest BCUT2D eigenvalue weighted by Crippen LogP contribution is -2.13. The van der Waals surface area contributed by atoms with E-state index in [0.29, 0.717) is 0 Å². The molecule has 0 heterocycles. The van der Waals surface area contributed by atoms with E-state index >= 15 is 0 Å². The van der Waals surface area contributed by atoms with Gasteiger partial charge in [0, 0.05) is 12.7 Å². The van der Waals surface area contributed by atoms with E-state index in [1.165, 1.54) is 0 Å². The summed E-state index contributed by atoms with van der Waals surface area (Å²) in [6.07, 6.45) is 1.80. The summed E-state index contributed by atoms with van der Waals surface area (Å²) >= 11 is 0. The van der Waals surface area contributed by atoms with Gasteiger partial charge < -0.3 is 9.64 Å². The quantitative estimate of drug-likeness (QED) is 0.603. The summed E-state index contributed by atoms with van der Waals surface area (Å²) in [5.41, 5.74) is 2.01. The van der Waals surface area contributed by atoms with Crippen molar-refractivity contribution in [2.75, 3.05) is 19.1 Å². The third kappa shape index (κ3) is 3.10. The number of nitrogens with zero attached hydrogens (tertiary/aromatic N) is 2. The highest BCUT2D eigenvalue weighted by Crippen LogP contribution is 2.17. The van der Waals surface area contributed by atoms with Crippen LogP contribution in [0.4, 0.5) is 11.4 Å². The van der Waals surface area contributed by atoms with Crippen molar-refractivity contribution in [1.82, 2.24) is 0 Å². The van der Waals surface area contributed by atoms with Crippen LogP contribution >= 0.6 is 0 Å². The highest BCUT2D eigenvalue weighted by molar-refractivity contribution is 5.80. The van der Waals surface area contributed by atoms with Crippen LogP contribution in [0.25, 0.3) is 0 Å². The molecular formula is C15H16N2O. The molecular weight excluding hydrogens is 224 g/mol. The first-order valence-corrected chi connectivity index (χ1v) is 5.76. The molecule has 0 aliphatic rings. The number of anilines is 1. The van der Waals surface area contributed by atoms with Crippen LogP contribution in [0, 0.1) is 0 Å². The zero-order valence-electron chi connectivity index (χ0n) is 10.6. The van der Waals surface area contributed by atoms with E-state index in [-0.39, 0.29) is 0 Å². The van der Waals surface area contributed by atoms with Gasteiger partial charge in [-0.15, -0.1) is 0 Å². The second-order valence-corrected chi connectivity index (χ2v) is 3.89. The van der Waals surface area contributed by atoms with Crippen LogP contribution in [0.5, 0.6) is 5.75 Å². The molecule has 0 aromatic heterocycles. The predicted molar refractivity (Wildman–Crippen MR) is 76.0 cm³/mol. The predicted octanol–water partition coefficient (Wildman–Crippen LogP) is 3.49. The van der Waals surface area contributed by atoms with E-state index in [9.17, 15) is 0 Å². The van der Waals surface area contributed by atoms with Gasteiger partial charge in [0.05, 0.1) is 19.1 Å². The minimum Gasteiger partial charge on any atom is -0.497 e. The second-order valence-electron chi connectivity index (χ2n) is 3.89. The molecule has 2 aromatic carbocycles. The molecule has 0 fully saturated rings. The summed E-state index contributed by atoms with van der Waals surface area (Å²) in [7, 11) is 3.63. The largest absolute Gasteiger partial charge is 0.497 e. The molecule has 0 spiro atoms. The van der Waals surface area contributed by atoms with Crippen molar-refractivity contribution in [3.8, 4) is 5.75 Å². The fourth-order valence-corrected chi connectivity index (χ4v) is 1.55. The molecule has 3 heteroatoms. The summed E-state index contributed by atoms with van der Waals surface area (Å²) in [6, 6.07) is 17.7. The molecule has 2 rings (SSSR count). The number of hydrogen-bond acceptors (Lipinski definition) is 2. The van der Waals surface area contributed by atoms with Crippen LogP contribution in [0.15, 0.2) is 59.6 Å². The Bertz CT molecular complexity index is 506. The Kier molecular flexibility index (Phi) is 3.97. The molecule has 0 aliphatic carbocycles. The minimum atomic E-state index is 0.838. The van der Waals surface area contributed by atoms with Crippen molar-refractivity contribution in [3.05, 3.63) is 54.6 Å². The SMILES string of the molecule is COc1ccc(N=CN(C)c2ccccc2)cc1. The van der Waals surface area contributed by atoms with E-state index in [2.05, 4.69) is 4.99 Å². The molecule has 0 atom stereocenters. The number of methoxy groups -OCH3 is 1. The molecule has 2 aromatic rings. The molecule has 0 amide bonds. The maximum absolute atomic E-state index is 5.10. The van der Waals surface area contributed by atoms with E-state index in [4.69, 9.17) is 4.74 Å². The van der Waals surface area contributed by atoms with Gasteiger partial charge in [-0.05, 0) is 36.4 Å². The van der Waals surface area contributed by atoms with Crippen LogP contribution < -0.4 is 9.64 Å². The van der Waals surface area contributed by atoms with E-state index < -0.39 is 0 Å². The molecule has 92 valence electrons. The van der Waals surface area contributed by atoms with Crippen LogP contribution in [-0.2, 0) is 0 Å². The number of para-hydroxylation sites is 1. The molecule has 0 bridgehead atoms. The number of benzene rings is 2. The summed E-state index contributed by atoms with van der Waals surface area (Å²) in [5.74, 6) is 0.838. The van der Waals surface area contributed by atoms with E-state index in [1.54, 1.807) is 13.4 Å². The molecule has 0 N–H and O–H groups in total. The Morgan fingerprint density at radius 1 is 1.00 bits per heavy atom. The number of hydrogen-bond donors (Lipinski definition) is 0. The lowest BCUT2D eigenvalue weighted by Gasteiger charge is -2.12. The first-order chi connectivity index (χ1) is 8.79. The summed E-state index contributed by atoms with van der Waals surface area (Å²) in [4.78, 5) is 6.38. The van der Waals surface area contributed by atoms with Gasteiger partial charge in [-0.1, -0.05) is 18.2 Å². The van der Waals surface area contributed by atoms with Gasteiger partial charge in [0.1, 0.15) is 5.75 Å². The van der Waals surface area contributed by atoms with Crippen LogP contribution in [-0.4, -0.2) is 20.5 Å². The maximum Gasteiger partial charge on any atom is 0.119 e. The van der Waals surface area contributed by atoms with Gasteiger partial charge in [0.2, 0.25) is 0 Å². The minimum absolute atomic E-state index is 0.838. The zero-order chi connectivity index (χ0) is 12.8. The van der Waals surface area contributed by atoms with Crippen LogP contribution in [0.3, 0.4) is 0 Å². The number of rotatable bonds is 4. The van der Waals surface area contributed by atoms with Crippen molar-refractivity contribution >= 4 is 17.7 Å². The van der Waals surface area contributed by atoms with Gasteiger partial charge in [-0.25, -0.2) is 4.99 Å². The van der Waals surface area contributed by atoms with Gasteiger partial charge in [0.25, 0.3) is 0 Å². The Balaban J connectivity index is 2.06. The smallest absolute Gasteiger partial charge is 0.119 e. The van der Waals surface area contributed by atoms with Crippen molar-refractivity contribution in [3.63, 3.8) is 0 Å². The Morgan fingerprint density at radius 3 is 2.28 bits per heavy atom. The Morgan fingerprint density at radius 2 is 1.67 bits per heavy atom. The standard InChI is InChI=1S/C15H16N2O/c1-17(14-6-4-3-5-7-14)12-16-13-8-10-15(18-2)11-9-13/h3-12H,1-2H3. The fourth-order valence-electron chi connectivity index (χ4n) is 1.55. The van der Waals surface area contributed by atoms with Gasteiger partial charge in [-0.3, -0.25) is 0 Å². The monoisotopic (exact) mass is 240 g/mol. The molecule has 0 saturated heterocycles. The molecule has 0 radical (unpaired) electrons. The summed E-state index contributed by atoms with van der Waals surface area (Å²) in [5, 5.41) is 0. The van der Waals surface area contributed by atoms with E-state index in [1.807, 2.05) is 66.5 Å². The normalized spacial score (nSPS) is 10.6. The topological polar surface area (TPSA) is 24.8 Å². The average Bonchev–Trinajstić information content (AvgIpc) is 2.46. The highest BCUT2D eigenvalue weighted by atomic mass is 16.5. The van der Waals surface area contributed by atoms with Gasteiger partial charge in [-0.2, -0.15) is 0 Å². The van der Waals surface area contributed by atoms with Gasteiger partial charge >= 0.3 is 0 Å². The Labute approximate surface area is 107 Å². The lowest BCUT2D eigenvalue weighted by molar-refractivity contribution is 0.415. The van der Waals surface area contributed by atoms with Crippen molar-refractivity contribution in [2.45, 2.75) is 0 Å². The fraction of sp³-hybridized carbons (Fsp3) is 0.133. The molecule has 0 saturated carbocycles. The lowest BCUT2D eigenvalue weighted by atomic mass is 10.3. The molecule has 18 heavy (non-hydrogen) atoms.